The maximum absolute atomic E-state index is 13.4. The van der Waals surface area contributed by atoms with Crippen molar-refractivity contribution >= 4 is 29.2 Å². The van der Waals surface area contributed by atoms with Crippen LogP contribution in [0.1, 0.15) is 12.8 Å². The molecule has 1 fully saturated rings. The molecule has 1 heterocycles. The maximum Gasteiger partial charge on any atom is 0.317 e. The standard InChI is InChI=1S/C15H20ClFN4O2/c16-12-4-3-11(8-13(12)17)20-14(22)10-2-1-7-21(9-10)15(23)19-6-5-18/h3-4,8,10H,1-2,5-7,9,18H2,(H,19,23)(H,20,22). The average molecular weight is 343 g/mol. The van der Waals surface area contributed by atoms with Crippen molar-refractivity contribution in [2.75, 3.05) is 31.5 Å². The van der Waals surface area contributed by atoms with Gasteiger partial charge in [0.2, 0.25) is 5.91 Å². The maximum atomic E-state index is 13.4. The third kappa shape index (κ3) is 4.80. The molecule has 0 saturated carbocycles. The smallest absolute Gasteiger partial charge is 0.317 e. The predicted molar refractivity (Wildman–Crippen MR) is 86.8 cm³/mol. The summed E-state index contributed by atoms with van der Waals surface area (Å²) >= 11 is 5.61. The van der Waals surface area contributed by atoms with Crippen LogP contribution in [0.4, 0.5) is 14.9 Å². The van der Waals surface area contributed by atoms with E-state index in [1.54, 1.807) is 4.90 Å². The Hall–Kier alpha value is -1.86. The first-order valence-corrected chi connectivity index (χ1v) is 7.88. The number of piperidine rings is 1. The fourth-order valence-corrected chi connectivity index (χ4v) is 2.60. The summed E-state index contributed by atoms with van der Waals surface area (Å²) in [5.41, 5.74) is 5.70. The lowest BCUT2D eigenvalue weighted by Gasteiger charge is -2.32. The molecule has 1 aliphatic rings. The summed E-state index contributed by atoms with van der Waals surface area (Å²) in [6.45, 7) is 1.70. The first-order chi connectivity index (χ1) is 11.0. The van der Waals surface area contributed by atoms with Gasteiger partial charge in [-0.15, -0.1) is 0 Å². The number of likely N-dealkylation sites (tertiary alicyclic amines) is 1. The quantitative estimate of drug-likeness (QED) is 0.779. The molecule has 3 amide bonds. The SMILES string of the molecule is NCCNC(=O)N1CCCC(C(=O)Nc2ccc(Cl)c(F)c2)C1. The molecule has 4 N–H and O–H groups in total. The van der Waals surface area contributed by atoms with Gasteiger partial charge in [-0.05, 0) is 31.0 Å². The van der Waals surface area contributed by atoms with Crippen LogP contribution >= 0.6 is 11.6 Å². The first-order valence-electron chi connectivity index (χ1n) is 7.50. The van der Waals surface area contributed by atoms with Crippen LogP contribution in [0.5, 0.6) is 0 Å². The van der Waals surface area contributed by atoms with Gasteiger partial charge in [-0.1, -0.05) is 11.6 Å². The van der Waals surface area contributed by atoms with Crippen LogP contribution < -0.4 is 16.4 Å². The second-order valence-electron chi connectivity index (χ2n) is 5.42. The number of nitrogens with zero attached hydrogens (tertiary/aromatic N) is 1. The number of rotatable bonds is 4. The summed E-state index contributed by atoms with van der Waals surface area (Å²) in [6.07, 6.45) is 1.42. The van der Waals surface area contributed by atoms with Crippen LogP contribution in [0.25, 0.3) is 0 Å². The van der Waals surface area contributed by atoms with Gasteiger partial charge in [-0.25, -0.2) is 9.18 Å². The highest BCUT2D eigenvalue weighted by Crippen LogP contribution is 2.21. The lowest BCUT2D eigenvalue weighted by molar-refractivity contribution is -0.121. The van der Waals surface area contributed by atoms with Crippen molar-refractivity contribution in [2.45, 2.75) is 12.8 Å². The van der Waals surface area contributed by atoms with Crippen molar-refractivity contribution in [3.05, 3.63) is 29.0 Å². The van der Waals surface area contributed by atoms with E-state index in [4.69, 9.17) is 17.3 Å². The molecule has 0 spiro atoms. The molecule has 6 nitrogen and oxygen atoms in total. The average Bonchev–Trinajstić information content (AvgIpc) is 2.56. The summed E-state index contributed by atoms with van der Waals surface area (Å²) in [6, 6.07) is 3.89. The van der Waals surface area contributed by atoms with E-state index in [1.807, 2.05) is 0 Å². The Morgan fingerprint density at radius 1 is 1.43 bits per heavy atom. The van der Waals surface area contributed by atoms with E-state index < -0.39 is 5.82 Å². The van der Waals surface area contributed by atoms with Crippen molar-refractivity contribution in [2.24, 2.45) is 11.7 Å². The molecule has 0 bridgehead atoms. The van der Waals surface area contributed by atoms with Gasteiger partial charge in [0.05, 0.1) is 10.9 Å². The summed E-state index contributed by atoms with van der Waals surface area (Å²) in [5, 5.41) is 5.36. The Bertz CT molecular complexity index is 585. The van der Waals surface area contributed by atoms with Gasteiger partial charge in [0.1, 0.15) is 5.82 Å². The molecule has 1 aromatic rings. The Morgan fingerprint density at radius 3 is 2.91 bits per heavy atom. The molecule has 8 heteroatoms. The minimum Gasteiger partial charge on any atom is -0.337 e. The number of carbonyl (C=O) groups is 2. The zero-order valence-electron chi connectivity index (χ0n) is 12.6. The summed E-state index contributed by atoms with van der Waals surface area (Å²) in [5.74, 6) is -1.15. The topological polar surface area (TPSA) is 87.5 Å². The number of carbonyl (C=O) groups excluding carboxylic acids is 2. The van der Waals surface area contributed by atoms with Crippen LogP contribution in [-0.2, 0) is 4.79 Å². The van der Waals surface area contributed by atoms with Gasteiger partial charge in [-0.2, -0.15) is 0 Å². The molecule has 1 atom stereocenters. The zero-order valence-corrected chi connectivity index (χ0v) is 13.4. The Kier molecular flexibility index (Phi) is 6.18. The molecule has 1 saturated heterocycles. The van der Waals surface area contributed by atoms with E-state index in [0.29, 0.717) is 38.3 Å². The number of hydrogen-bond donors (Lipinski definition) is 3. The molecule has 23 heavy (non-hydrogen) atoms. The second-order valence-corrected chi connectivity index (χ2v) is 5.83. The molecule has 126 valence electrons. The lowest BCUT2D eigenvalue weighted by Crippen LogP contribution is -2.48. The van der Waals surface area contributed by atoms with Crippen molar-refractivity contribution in [1.29, 1.82) is 0 Å². The Labute approximate surface area is 139 Å². The highest BCUT2D eigenvalue weighted by molar-refractivity contribution is 6.30. The number of amides is 3. The van der Waals surface area contributed by atoms with Gasteiger partial charge in [0, 0.05) is 31.9 Å². The number of halogens is 2. The third-order valence-corrected chi connectivity index (χ3v) is 3.99. The Balaban J connectivity index is 1.93. The number of hydrogen-bond acceptors (Lipinski definition) is 3. The summed E-state index contributed by atoms with van der Waals surface area (Å²) in [7, 11) is 0. The Morgan fingerprint density at radius 2 is 2.22 bits per heavy atom. The minimum absolute atomic E-state index is 0.00316. The number of anilines is 1. The van der Waals surface area contributed by atoms with E-state index in [-0.39, 0.29) is 22.9 Å². The van der Waals surface area contributed by atoms with Crippen molar-refractivity contribution in [3.8, 4) is 0 Å². The molecule has 0 radical (unpaired) electrons. The molecule has 2 rings (SSSR count). The highest BCUT2D eigenvalue weighted by Gasteiger charge is 2.28. The van der Waals surface area contributed by atoms with Crippen molar-refractivity contribution < 1.29 is 14.0 Å². The largest absolute Gasteiger partial charge is 0.337 e. The van der Waals surface area contributed by atoms with Crippen molar-refractivity contribution in [3.63, 3.8) is 0 Å². The van der Waals surface area contributed by atoms with Crippen LogP contribution in [0.2, 0.25) is 5.02 Å². The molecular formula is C15H20ClFN4O2. The summed E-state index contributed by atoms with van der Waals surface area (Å²) < 4.78 is 13.4. The minimum atomic E-state index is -0.587. The summed E-state index contributed by atoms with van der Waals surface area (Å²) in [4.78, 5) is 25.8. The molecular weight excluding hydrogens is 323 g/mol. The molecule has 1 aliphatic heterocycles. The molecule has 0 aliphatic carbocycles. The lowest BCUT2D eigenvalue weighted by atomic mass is 9.97. The number of nitrogens with one attached hydrogen (secondary N) is 2. The van der Waals surface area contributed by atoms with Gasteiger partial charge >= 0.3 is 6.03 Å². The van der Waals surface area contributed by atoms with Crippen LogP contribution in [-0.4, -0.2) is 43.0 Å². The van der Waals surface area contributed by atoms with E-state index in [1.165, 1.54) is 18.2 Å². The van der Waals surface area contributed by atoms with E-state index >= 15 is 0 Å². The first kappa shape index (κ1) is 17.5. The van der Waals surface area contributed by atoms with E-state index in [9.17, 15) is 14.0 Å². The number of benzene rings is 1. The fourth-order valence-electron chi connectivity index (χ4n) is 2.48. The van der Waals surface area contributed by atoms with E-state index in [2.05, 4.69) is 10.6 Å². The third-order valence-electron chi connectivity index (χ3n) is 3.69. The van der Waals surface area contributed by atoms with Crippen LogP contribution in [0.3, 0.4) is 0 Å². The van der Waals surface area contributed by atoms with Crippen LogP contribution in [0.15, 0.2) is 18.2 Å². The normalized spacial score (nSPS) is 17.7. The predicted octanol–water partition coefficient (Wildman–Crippen LogP) is 1.80. The highest BCUT2D eigenvalue weighted by atomic mass is 35.5. The molecule has 1 aromatic carbocycles. The molecule has 0 aromatic heterocycles. The van der Waals surface area contributed by atoms with Gasteiger partial charge < -0.3 is 21.3 Å². The fraction of sp³-hybridized carbons (Fsp3) is 0.467. The monoisotopic (exact) mass is 342 g/mol. The number of nitrogens with two attached hydrogens (primary N) is 1. The van der Waals surface area contributed by atoms with Crippen molar-refractivity contribution in [1.82, 2.24) is 10.2 Å². The zero-order chi connectivity index (χ0) is 16.8. The second kappa shape index (κ2) is 8.12. The van der Waals surface area contributed by atoms with Crippen LogP contribution in [0, 0.1) is 11.7 Å². The van der Waals surface area contributed by atoms with E-state index in [0.717, 1.165) is 6.42 Å². The van der Waals surface area contributed by atoms with Gasteiger partial charge in [-0.3, -0.25) is 4.79 Å². The van der Waals surface area contributed by atoms with Gasteiger partial charge in [0.15, 0.2) is 0 Å². The van der Waals surface area contributed by atoms with Gasteiger partial charge in [0.25, 0.3) is 0 Å². The molecule has 1 unspecified atom stereocenters. The number of urea groups is 1.